The quantitative estimate of drug-likeness (QED) is 0.403. The van der Waals surface area contributed by atoms with Crippen molar-refractivity contribution in [2.24, 2.45) is 5.92 Å². The predicted molar refractivity (Wildman–Crippen MR) is 123 cm³/mol. The van der Waals surface area contributed by atoms with Crippen LogP contribution in [0.15, 0.2) is 49.1 Å². The van der Waals surface area contributed by atoms with E-state index in [1.165, 1.54) is 5.57 Å². The van der Waals surface area contributed by atoms with Gasteiger partial charge in [0.1, 0.15) is 5.60 Å². The zero-order valence-electron chi connectivity index (χ0n) is 19.2. The van der Waals surface area contributed by atoms with Crippen molar-refractivity contribution in [2.75, 3.05) is 6.54 Å². The summed E-state index contributed by atoms with van der Waals surface area (Å²) in [5.41, 5.74) is 0.823. The van der Waals surface area contributed by atoms with Crippen LogP contribution in [0.1, 0.15) is 80.1 Å². The Kier molecular flexibility index (Phi) is 13.4. The van der Waals surface area contributed by atoms with Gasteiger partial charge in [-0.25, -0.2) is 4.79 Å². The molecule has 1 heterocycles. The van der Waals surface area contributed by atoms with Gasteiger partial charge < -0.3 is 9.64 Å². The second kappa shape index (κ2) is 14.3. The van der Waals surface area contributed by atoms with Gasteiger partial charge in [0.15, 0.2) is 0 Å². The normalized spacial score (nSPS) is 20.4. The minimum Gasteiger partial charge on any atom is -0.444 e. The first-order chi connectivity index (χ1) is 13.3. The predicted octanol–water partition coefficient (Wildman–Crippen LogP) is 7.46. The van der Waals surface area contributed by atoms with Gasteiger partial charge in [0.25, 0.3) is 0 Å². The summed E-state index contributed by atoms with van der Waals surface area (Å²) in [5.74, 6) is 0.580. The molecule has 3 nitrogen and oxygen atoms in total. The lowest BCUT2D eigenvalue weighted by molar-refractivity contribution is 0.00321. The molecule has 2 atom stereocenters. The summed E-state index contributed by atoms with van der Waals surface area (Å²) in [6.45, 7) is 20.3. The zero-order valence-corrected chi connectivity index (χ0v) is 19.2. The lowest BCUT2D eigenvalue weighted by atomic mass is 9.84. The number of hydrogen-bond acceptors (Lipinski definition) is 2. The Morgan fingerprint density at radius 1 is 1.21 bits per heavy atom. The molecular weight excluding hydrogens is 346 g/mol. The van der Waals surface area contributed by atoms with Crippen molar-refractivity contribution in [1.29, 1.82) is 0 Å². The van der Waals surface area contributed by atoms with Crippen molar-refractivity contribution in [3.05, 3.63) is 49.1 Å². The maximum atomic E-state index is 12.6. The fourth-order valence-corrected chi connectivity index (χ4v) is 3.46. The average Bonchev–Trinajstić information content (AvgIpc) is 2.65. The monoisotopic (exact) mass is 389 g/mol. The summed E-state index contributed by atoms with van der Waals surface area (Å²) in [6, 6.07) is 0.275. The molecule has 0 aromatic carbocycles. The van der Waals surface area contributed by atoms with Crippen molar-refractivity contribution in [3.8, 4) is 0 Å². The third-order valence-electron chi connectivity index (χ3n) is 4.65. The molecule has 1 amide bonds. The van der Waals surface area contributed by atoms with E-state index in [1.807, 2.05) is 51.7 Å². The Morgan fingerprint density at radius 2 is 1.89 bits per heavy atom. The van der Waals surface area contributed by atoms with E-state index in [-0.39, 0.29) is 12.1 Å². The van der Waals surface area contributed by atoms with Crippen molar-refractivity contribution in [2.45, 2.75) is 91.7 Å². The van der Waals surface area contributed by atoms with Gasteiger partial charge >= 0.3 is 6.09 Å². The van der Waals surface area contributed by atoms with Gasteiger partial charge in [0.2, 0.25) is 0 Å². The van der Waals surface area contributed by atoms with Gasteiger partial charge in [0.05, 0.1) is 0 Å². The van der Waals surface area contributed by atoms with Crippen LogP contribution in [0.2, 0.25) is 0 Å². The standard InChI is InChI=1S/C23H37NO2.C2H6/c1-7-10-13-19(12-9-3)17-20-15-16-24(21(18-20)14-11-8-2)22(25)26-23(4,5)6;1-2/h7,9-10,12-13,20-21H,1,3,8,11,14-18H2,2,4-6H3;1-2H3/b13-10-,19-12+;. The Bertz CT molecular complexity index is 525. The molecule has 0 spiro atoms. The minimum absolute atomic E-state index is 0.162. The van der Waals surface area contributed by atoms with Crippen LogP contribution in [0.4, 0.5) is 4.79 Å². The molecule has 28 heavy (non-hydrogen) atoms. The molecule has 0 aromatic heterocycles. The molecule has 3 heteroatoms. The molecule has 0 saturated carbocycles. The van der Waals surface area contributed by atoms with Crippen LogP contribution >= 0.6 is 0 Å². The first-order valence-electron chi connectivity index (χ1n) is 10.9. The molecule has 1 aliphatic rings. The second-order valence-corrected chi connectivity index (χ2v) is 8.14. The zero-order chi connectivity index (χ0) is 21.6. The van der Waals surface area contributed by atoms with Crippen LogP contribution in [-0.4, -0.2) is 29.2 Å². The highest BCUT2D eigenvalue weighted by molar-refractivity contribution is 5.68. The summed E-state index contributed by atoms with van der Waals surface area (Å²) >= 11 is 0. The Balaban J connectivity index is 0.00000352. The van der Waals surface area contributed by atoms with E-state index in [0.29, 0.717) is 5.92 Å². The van der Waals surface area contributed by atoms with Gasteiger partial charge in [-0.15, -0.1) is 0 Å². The van der Waals surface area contributed by atoms with Crippen LogP contribution < -0.4 is 0 Å². The van der Waals surface area contributed by atoms with Gasteiger partial charge in [-0.1, -0.05) is 77.2 Å². The summed E-state index contributed by atoms with van der Waals surface area (Å²) in [7, 11) is 0. The lowest BCUT2D eigenvalue weighted by Crippen LogP contribution is -2.48. The molecule has 0 bridgehead atoms. The molecule has 0 aromatic rings. The number of rotatable bonds is 8. The first-order valence-corrected chi connectivity index (χ1v) is 10.9. The van der Waals surface area contributed by atoms with Crippen LogP contribution in [0.5, 0.6) is 0 Å². The molecular formula is C25H43NO2. The third kappa shape index (κ3) is 10.5. The maximum absolute atomic E-state index is 12.6. The first kappa shape index (κ1) is 26.2. The molecule has 1 rings (SSSR count). The average molecular weight is 390 g/mol. The van der Waals surface area contributed by atoms with Crippen LogP contribution in [0, 0.1) is 5.92 Å². The van der Waals surface area contributed by atoms with Crippen molar-refractivity contribution < 1.29 is 9.53 Å². The highest BCUT2D eigenvalue weighted by Crippen LogP contribution is 2.32. The minimum atomic E-state index is -0.446. The number of carbonyl (C=O) groups is 1. The van der Waals surface area contributed by atoms with Gasteiger partial charge in [-0.2, -0.15) is 0 Å². The molecule has 0 radical (unpaired) electrons. The van der Waals surface area contributed by atoms with E-state index >= 15 is 0 Å². The number of allylic oxidation sites excluding steroid dienone is 6. The summed E-state index contributed by atoms with van der Waals surface area (Å²) < 4.78 is 5.64. The van der Waals surface area contributed by atoms with Gasteiger partial charge in [-0.05, 0) is 57.9 Å². The van der Waals surface area contributed by atoms with Crippen molar-refractivity contribution in [1.82, 2.24) is 4.90 Å². The fourth-order valence-electron chi connectivity index (χ4n) is 3.46. The second-order valence-electron chi connectivity index (χ2n) is 8.14. The fraction of sp³-hybridized carbons (Fsp3) is 0.640. The number of likely N-dealkylation sites (tertiary alicyclic amines) is 1. The van der Waals surface area contributed by atoms with Crippen LogP contribution in [0.3, 0.4) is 0 Å². The summed E-state index contributed by atoms with van der Waals surface area (Å²) in [5, 5.41) is 0. The molecule has 0 aliphatic carbocycles. The van der Waals surface area contributed by atoms with Crippen molar-refractivity contribution >= 4 is 6.09 Å². The highest BCUT2D eigenvalue weighted by atomic mass is 16.6. The third-order valence-corrected chi connectivity index (χ3v) is 4.65. The molecule has 1 aliphatic heterocycles. The van der Waals surface area contributed by atoms with E-state index in [2.05, 4.69) is 32.2 Å². The van der Waals surface area contributed by atoms with Crippen LogP contribution in [0.25, 0.3) is 0 Å². The Labute approximate surface area is 174 Å². The maximum Gasteiger partial charge on any atom is 0.410 e. The van der Waals surface area contributed by atoms with Gasteiger partial charge in [-0.3, -0.25) is 0 Å². The number of ether oxygens (including phenoxy) is 1. The highest BCUT2D eigenvalue weighted by Gasteiger charge is 2.33. The SMILES string of the molecule is C=C/C=C\C(=C/C=C)CC1CCN(C(=O)OC(C)(C)C)C(CCCC)C1.CC. The number of carbonyl (C=O) groups excluding carboxylic acids is 1. The number of unbranched alkanes of at least 4 members (excludes halogenated alkanes) is 1. The topological polar surface area (TPSA) is 29.5 Å². The van der Waals surface area contributed by atoms with Crippen LogP contribution in [-0.2, 0) is 4.74 Å². The Hall–Kier alpha value is -1.77. The Morgan fingerprint density at radius 3 is 2.43 bits per heavy atom. The lowest BCUT2D eigenvalue weighted by Gasteiger charge is -2.40. The summed E-state index contributed by atoms with van der Waals surface area (Å²) in [4.78, 5) is 14.6. The van der Waals surface area contributed by atoms with E-state index < -0.39 is 5.60 Å². The molecule has 2 unspecified atom stereocenters. The number of amides is 1. The molecule has 1 saturated heterocycles. The molecule has 0 N–H and O–H groups in total. The summed E-state index contributed by atoms with van der Waals surface area (Å²) in [6.07, 6.45) is 16.0. The number of hydrogen-bond donors (Lipinski definition) is 0. The number of piperidine rings is 1. The van der Waals surface area contributed by atoms with E-state index in [9.17, 15) is 4.79 Å². The van der Waals surface area contributed by atoms with E-state index in [0.717, 1.165) is 45.1 Å². The van der Waals surface area contributed by atoms with E-state index in [4.69, 9.17) is 4.74 Å². The number of nitrogens with zero attached hydrogens (tertiary/aromatic N) is 1. The molecule has 160 valence electrons. The molecule has 1 fully saturated rings. The largest absolute Gasteiger partial charge is 0.444 e. The van der Waals surface area contributed by atoms with E-state index in [1.54, 1.807) is 6.08 Å². The van der Waals surface area contributed by atoms with Crippen molar-refractivity contribution in [3.63, 3.8) is 0 Å². The van der Waals surface area contributed by atoms with Gasteiger partial charge in [0, 0.05) is 12.6 Å². The smallest absolute Gasteiger partial charge is 0.410 e.